The number of rotatable bonds is 4. The van der Waals surface area contributed by atoms with Crippen molar-refractivity contribution in [2.24, 2.45) is 5.73 Å². The summed E-state index contributed by atoms with van der Waals surface area (Å²) in [6.07, 6.45) is -4.48. The van der Waals surface area contributed by atoms with E-state index < -0.39 is 17.8 Å². The molecule has 2 N–H and O–H groups in total. The minimum atomic E-state index is -4.55. The number of nitrogens with zero attached hydrogens (tertiary/aromatic N) is 2. The maximum absolute atomic E-state index is 13.3. The van der Waals surface area contributed by atoms with E-state index in [0.717, 1.165) is 17.2 Å². The second kappa shape index (κ2) is 6.90. The molecule has 7 heteroatoms. The molecule has 1 amide bonds. The van der Waals surface area contributed by atoms with Crippen molar-refractivity contribution in [3.63, 3.8) is 0 Å². The number of carbonyl (C=O) groups excluding carboxylic acids is 1. The monoisotopic (exact) mass is 373 g/mol. The van der Waals surface area contributed by atoms with Gasteiger partial charge in [-0.25, -0.2) is 4.68 Å². The summed E-state index contributed by atoms with van der Waals surface area (Å²) in [7, 11) is 0. The third kappa shape index (κ3) is 4.19. The quantitative estimate of drug-likeness (QED) is 0.745. The van der Waals surface area contributed by atoms with Gasteiger partial charge in [0.25, 0.3) is 0 Å². The number of nitrogens with two attached hydrogens (primary N) is 1. The van der Waals surface area contributed by atoms with Crippen molar-refractivity contribution in [1.82, 2.24) is 9.78 Å². The van der Waals surface area contributed by atoms with Crippen LogP contribution >= 0.6 is 0 Å². The van der Waals surface area contributed by atoms with Crippen LogP contribution in [0.2, 0.25) is 0 Å². The summed E-state index contributed by atoms with van der Waals surface area (Å²) in [5.74, 6) is -0.475. The number of primary amides is 1. The Kier molecular flexibility index (Phi) is 4.78. The number of carbonyl (C=O) groups is 1. The summed E-state index contributed by atoms with van der Waals surface area (Å²) in [6.45, 7) is 3.78. The van der Waals surface area contributed by atoms with E-state index >= 15 is 0 Å². The topological polar surface area (TPSA) is 60.9 Å². The lowest BCUT2D eigenvalue weighted by atomic mass is 10.0. The molecule has 140 valence electrons. The van der Waals surface area contributed by atoms with Crippen molar-refractivity contribution < 1.29 is 18.0 Å². The predicted molar refractivity (Wildman–Crippen MR) is 96.4 cm³/mol. The summed E-state index contributed by atoms with van der Waals surface area (Å²) < 4.78 is 41.0. The fraction of sp³-hybridized carbons (Fsp3) is 0.200. The van der Waals surface area contributed by atoms with Crippen molar-refractivity contribution in [3.05, 3.63) is 70.9 Å². The second-order valence-electron chi connectivity index (χ2n) is 6.51. The van der Waals surface area contributed by atoms with Gasteiger partial charge in [-0.05, 0) is 49.7 Å². The fourth-order valence-corrected chi connectivity index (χ4v) is 3.00. The number of benzene rings is 2. The first kappa shape index (κ1) is 18.7. The van der Waals surface area contributed by atoms with Crippen molar-refractivity contribution in [1.29, 1.82) is 0 Å². The van der Waals surface area contributed by atoms with Crippen LogP contribution in [-0.4, -0.2) is 15.7 Å². The summed E-state index contributed by atoms with van der Waals surface area (Å²) in [4.78, 5) is 11.0. The average molecular weight is 373 g/mol. The molecule has 0 unspecified atom stereocenters. The van der Waals surface area contributed by atoms with Crippen LogP contribution in [-0.2, 0) is 17.4 Å². The zero-order valence-corrected chi connectivity index (χ0v) is 14.8. The number of alkyl halides is 3. The van der Waals surface area contributed by atoms with Crippen LogP contribution in [0.25, 0.3) is 16.9 Å². The molecule has 1 heterocycles. The number of aromatic nitrogens is 2. The predicted octanol–water partition coefficient (Wildman–Crippen LogP) is 4.20. The first-order valence-corrected chi connectivity index (χ1v) is 8.27. The minimum absolute atomic E-state index is 0.0666. The molecular weight excluding hydrogens is 355 g/mol. The van der Waals surface area contributed by atoms with Crippen LogP contribution in [0.3, 0.4) is 0 Å². The molecule has 4 nitrogen and oxygen atoms in total. The van der Waals surface area contributed by atoms with Gasteiger partial charge in [-0.3, -0.25) is 4.79 Å². The smallest absolute Gasteiger partial charge is 0.369 e. The van der Waals surface area contributed by atoms with Crippen LogP contribution in [0.5, 0.6) is 0 Å². The normalized spacial score (nSPS) is 11.6. The van der Waals surface area contributed by atoms with E-state index in [-0.39, 0.29) is 6.42 Å². The number of halogens is 3. The van der Waals surface area contributed by atoms with Crippen LogP contribution in [0, 0.1) is 13.8 Å². The summed E-state index contributed by atoms with van der Waals surface area (Å²) >= 11 is 0. The summed E-state index contributed by atoms with van der Waals surface area (Å²) in [5, 5.41) is 3.78. The maximum Gasteiger partial charge on any atom is 0.435 e. The second-order valence-corrected chi connectivity index (χ2v) is 6.51. The van der Waals surface area contributed by atoms with Gasteiger partial charge in [0.2, 0.25) is 5.91 Å². The summed E-state index contributed by atoms with van der Waals surface area (Å²) in [6, 6.07) is 13.2. The first-order chi connectivity index (χ1) is 12.6. The molecule has 0 aliphatic carbocycles. The van der Waals surface area contributed by atoms with Gasteiger partial charge in [0.1, 0.15) is 0 Å². The number of hydrogen-bond acceptors (Lipinski definition) is 2. The molecule has 0 aliphatic heterocycles. The first-order valence-electron chi connectivity index (χ1n) is 8.27. The van der Waals surface area contributed by atoms with Gasteiger partial charge in [-0.1, -0.05) is 29.3 Å². The Hall–Kier alpha value is -3.09. The van der Waals surface area contributed by atoms with Gasteiger partial charge in [-0.2, -0.15) is 18.3 Å². The molecule has 0 fully saturated rings. The SMILES string of the molecule is Cc1cc(C)cc(-c2cc(C(F)(F)F)nn2-c2ccc(CC(N)=O)cc2)c1. The Morgan fingerprint density at radius 3 is 2.15 bits per heavy atom. The van der Waals surface area contributed by atoms with E-state index in [0.29, 0.717) is 22.5 Å². The molecule has 0 aliphatic rings. The van der Waals surface area contributed by atoms with E-state index in [9.17, 15) is 18.0 Å². The lowest BCUT2D eigenvalue weighted by Gasteiger charge is -2.10. The van der Waals surface area contributed by atoms with Crippen molar-refractivity contribution in [3.8, 4) is 16.9 Å². The van der Waals surface area contributed by atoms with E-state index in [4.69, 9.17) is 5.73 Å². The summed E-state index contributed by atoms with van der Waals surface area (Å²) in [5.41, 5.74) is 8.25. The molecule has 0 atom stereocenters. The molecule has 3 aromatic rings. The molecule has 0 saturated carbocycles. The van der Waals surface area contributed by atoms with Gasteiger partial charge in [0.05, 0.1) is 17.8 Å². The molecule has 0 radical (unpaired) electrons. The van der Waals surface area contributed by atoms with E-state index in [1.807, 2.05) is 32.0 Å². The Balaban J connectivity index is 2.13. The molecule has 0 saturated heterocycles. The van der Waals surface area contributed by atoms with Crippen LogP contribution < -0.4 is 5.73 Å². The molecule has 0 spiro atoms. The Labute approximate surface area is 154 Å². The van der Waals surface area contributed by atoms with Crippen molar-refractivity contribution in [2.75, 3.05) is 0 Å². The highest BCUT2D eigenvalue weighted by atomic mass is 19.4. The van der Waals surface area contributed by atoms with Crippen molar-refractivity contribution >= 4 is 5.91 Å². The maximum atomic E-state index is 13.3. The highest BCUT2D eigenvalue weighted by Crippen LogP contribution is 2.33. The number of amides is 1. The Bertz CT molecular complexity index is 968. The van der Waals surface area contributed by atoms with E-state index in [1.165, 1.54) is 4.68 Å². The Morgan fingerprint density at radius 1 is 1.04 bits per heavy atom. The zero-order valence-electron chi connectivity index (χ0n) is 14.8. The molecular formula is C20H18F3N3O. The average Bonchev–Trinajstić information content (AvgIpc) is 2.99. The molecule has 2 aromatic carbocycles. The third-order valence-electron chi connectivity index (χ3n) is 4.08. The lowest BCUT2D eigenvalue weighted by molar-refractivity contribution is -0.141. The van der Waals surface area contributed by atoms with Gasteiger partial charge >= 0.3 is 6.18 Å². The Morgan fingerprint density at radius 2 is 1.63 bits per heavy atom. The highest BCUT2D eigenvalue weighted by Gasteiger charge is 2.35. The lowest BCUT2D eigenvalue weighted by Crippen LogP contribution is -2.13. The zero-order chi connectivity index (χ0) is 19.8. The van der Waals surface area contributed by atoms with Crippen LogP contribution in [0.15, 0.2) is 48.5 Å². The highest BCUT2D eigenvalue weighted by molar-refractivity contribution is 5.76. The molecule has 27 heavy (non-hydrogen) atoms. The van der Waals surface area contributed by atoms with Crippen LogP contribution in [0.1, 0.15) is 22.4 Å². The van der Waals surface area contributed by atoms with Crippen molar-refractivity contribution in [2.45, 2.75) is 26.4 Å². The van der Waals surface area contributed by atoms with Gasteiger partial charge in [0, 0.05) is 5.56 Å². The largest absolute Gasteiger partial charge is 0.435 e. The number of hydrogen-bond donors (Lipinski definition) is 1. The molecule has 0 bridgehead atoms. The molecule has 1 aromatic heterocycles. The third-order valence-corrected chi connectivity index (χ3v) is 4.08. The minimum Gasteiger partial charge on any atom is -0.369 e. The standard InChI is InChI=1S/C20H18F3N3O/c1-12-7-13(2)9-15(8-12)17-11-18(20(21,22)23)25-26(17)16-5-3-14(4-6-16)10-19(24)27/h3-9,11H,10H2,1-2H3,(H2,24,27). The van der Waals surface area contributed by atoms with Gasteiger partial charge in [0.15, 0.2) is 5.69 Å². The van der Waals surface area contributed by atoms with Gasteiger partial charge in [-0.15, -0.1) is 0 Å². The van der Waals surface area contributed by atoms with Gasteiger partial charge < -0.3 is 5.73 Å². The fourth-order valence-electron chi connectivity index (χ4n) is 3.00. The van der Waals surface area contributed by atoms with Crippen LogP contribution in [0.4, 0.5) is 13.2 Å². The number of aryl methyl sites for hydroxylation is 2. The molecule has 3 rings (SSSR count). The van der Waals surface area contributed by atoms with E-state index in [2.05, 4.69) is 5.10 Å². The van der Waals surface area contributed by atoms with E-state index in [1.54, 1.807) is 24.3 Å².